The van der Waals surface area contributed by atoms with E-state index in [1.54, 1.807) is 29.2 Å². The van der Waals surface area contributed by atoms with Crippen LogP contribution in [0.3, 0.4) is 0 Å². The molecule has 398 valence electrons. The van der Waals surface area contributed by atoms with Gasteiger partial charge in [-0.2, -0.15) is 0 Å². The molecule has 0 saturated heterocycles. The molecule has 1 aliphatic rings. The summed E-state index contributed by atoms with van der Waals surface area (Å²) in [4.78, 5) is 40.0. The summed E-state index contributed by atoms with van der Waals surface area (Å²) in [6.45, 7) is 11.6. The van der Waals surface area contributed by atoms with Gasteiger partial charge in [0.1, 0.15) is 6.10 Å². The van der Waals surface area contributed by atoms with Gasteiger partial charge in [0.15, 0.2) is 0 Å². The summed E-state index contributed by atoms with van der Waals surface area (Å²) in [5, 5.41) is 0. The van der Waals surface area contributed by atoms with Crippen molar-refractivity contribution in [3.63, 3.8) is 0 Å². The number of carbonyl (C=O) groups is 3. The minimum atomic E-state index is -0.372. The number of carbonyl (C=O) groups excluding carboxylic acids is 3. The zero-order valence-electron chi connectivity index (χ0n) is 44.8. The van der Waals surface area contributed by atoms with Crippen LogP contribution in [0.15, 0.2) is 36.4 Å². The number of rotatable bonds is 52. The molecule has 10 heteroatoms. The molecule has 10 nitrogen and oxygen atoms in total. The number of amides is 3. The van der Waals surface area contributed by atoms with Crippen molar-refractivity contribution < 1.29 is 38.1 Å². The third-order valence-electron chi connectivity index (χ3n) is 13.3. The summed E-state index contributed by atoms with van der Waals surface area (Å²) in [5.41, 5.74) is 1.17. The van der Waals surface area contributed by atoms with Crippen LogP contribution in [0.1, 0.15) is 239 Å². The molecule has 3 amide bonds. The zero-order chi connectivity index (χ0) is 49.5. The zero-order valence-corrected chi connectivity index (χ0v) is 44.8. The van der Waals surface area contributed by atoms with Crippen LogP contribution in [0.5, 0.6) is 0 Å². The topological polar surface area (TPSA) is 104 Å². The largest absolute Gasteiger partial charge is 0.379 e. The lowest BCUT2D eigenvalue weighted by atomic mass is 10.0. The Morgan fingerprint density at radius 3 is 1.22 bits per heavy atom. The van der Waals surface area contributed by atoms with Crippen molar-refractivity contribution >= 4 is 29.1 Å². The maximum Gasteiger partial charge on any atom is 0.258 e. The van der Waals surface area contributed by atoms with E-state index in [1.807, 2.05) is 6.92 Å². The van der Waals surface area contributed by atoms with Gasteiger partial charge in [0.2, 0.25) is 5.91 Å². The highest BCUT2D eigenvalue weighted by atomic mass is 16.6. The van der Waals surface area contributed by atoms with Crippen molar-refractivity contribution in [1.29, 1.82) is 0 Å². The second-order valence-corrected chi connectivity index (χ2v) is 19.6. The fraction of sp³-hybridized carbons (Fsp3) is 0.814. The van der Waals surface area contributed by atoms with Crippen LogP contribution in [0, 0.1) is 0 Å². The Kier molecular flexibility index (Phi) is 42.1. The Bertz CT molecular complexity index is 1350. The fourth-order valence-electron chi connectivity index (χ4n) is 9.00. The van der Waals surface area contributed by atoms with Gasteiger partial charge in [-0.1, -0.05) is 213 Å². The van der Waals surface area contributed by atoms with Crippen LogP contribution in [0.25, 0.3) is 0 Å². The van der Waals surface area contributed by atoms with Crippen LogP contribution in [0.4, 0.5) is 11.4 Å². The summed E-state index contributed by atoms with van der Waals surface area (Å²) < 4.78 is 30.1. The minimum absolute atomic E-state index is 0.00448. The molecular weight excluding hydrogens is 865 g/mol. The van der Waals surface area contributed by atoms with Crippen LogP contribution < -0.4 is 9.80 Å². The lowest BCUT2D eigenvalue weighted by Crippen LogP contribution is -2.34. The van der Waals surface area contributed by atoms with E-state index in [1.165, 1.54) is 205 Å². The molecule has 1 heterocycles. The number of hydrogen-bond donors (Lipinski definition) is 0. The number of anilines is 2. The fourth-order valence-corrected chi connectivity index (χ4v) is 9.00. The van der Waals surface area contributed by atoms with Crippen LogP contribution in [0.2, 0.25) is 0 Å². The van der Waals surface area contributed by atoms with Gasteiger partial charge < -0.3 is 28.6 Å². The predicted molar refractivity (Wildman–Crippen MR) is 287 cm³/mol. The van der Waals surface area contributed by atoms with E-state index in [2.05, 4.69) is 13.8 Å². The smallest absolute Gasteiger partial charge is 0.258 e. The van der Waals surface area contributed by atoms with Gasteiger partial charge >= 0.3 is 0 Å². The summed E-state index contributed by atoms with van der Waals surface area (Å²) >= 11 is 0. The SMILES string of the molecule is CCCCCCCCCCCCCCCCCCOC[C@H](COCCOCCOCCN(C(=O)CCC)c1ccc(N2C(=O)C=CC2=O)cc1)OCCCCCCCCCCCCCCCCCC. The van der Waals surface area contributed by atoms with Gasteiger partial charge in [-0.05, 0) is 43.5 Å². The minimum Gasteiger partial charge on any atom is -0.379 e. The highest BCUT2D eigenvalue weighted by Gasteiger charge is 2.25. The van der Waals surface area contributed by atoms with Crippen LogP contribution in [-0.4, -0.2) is 89.8 Å². The van der Waals surface area contributed by atoms with E-state index in [9.17, 15) is 14.4 Å². The number of unbranched alkanes of at least 4 members (excludes halogenated alkanes) is 30. The maximum atomic E-state index is 13.0. The van der Waals surface area contributed by atoms with Crippen molar-refractivity contribution in [2.45, 2.75) is 245 Å². The maximum absolute atomic E-state index is 13.0. The Balaban J connectivity index is 1.59. The number of imide groups is 1. The van der Waals surface area contributed by atoms with Gasteiger partial charge in [0.25, 0.3) is 11.8 Å². The van der Waals surface area contributed by atoms with Crippen LogP contribution in [-0.2, 0) is 38.1 Å². The lowest BCUT2D eigenvalue weighted by molar-refractivity contribution is -0.120. The van der Waals surface area contributed by atoms with Crippen molar-refractivity contribution in [3.05, 3.63) is 36.4 Å². The van der Waals surface area contributed by atoms with E-state index in [4.69, 9.17) is 23.7 Å². The molecule has 1 aliphatic heterocycles. The number of nitrogens with zero attached hydrogens (tertiary/aromatic N) is 2. The predicted octanol–water partition coefficient (Wildman–Crippen LogP) is 15.2. The van der Waals surface area contributed by atoms with E-state index in [-0.39, 0.29) is 23.8 Å². The van der Waals surface area contributed by atoms with Gasteiger partial charge in [0, 0.05) is 44.0 Å². The van der Waals surface area contributed by atoms with Gasteiger partial charge in [0.05, 0.1) is 51.9 Å². The molecule has 69 heavy (non-hydrogen) atoms. The lowest BCUT2D eigenvalue weighted by Gasteiger charge is -2.24. The van der Waals surface area contributed by atoms with E-state index in [0.29, 0.717) is 70.6 Å². The Hall–Kier alpha value is -2.63. The molecule has 2 rings (SSSR count). The molecule has 0 bridgehead atoms. The molecule has 0 radical (unpaired) electrons. The van der Waals surface area contributed by atoms with Crippen molar-refractivity contribution in [3.8, 4) is 0 Å². The molecule has 0 unspecified atom stereocenters. The normalized spacial score (nSPS) is 13.1. The van der Waals surface area contributed by atoms with E-state index < -0.39 is 0 Å². The molecule has 1 aromatic rings. The monoisotopic (exact) mass is 969 g/mol. The summed E-state index contributed by atoms with van der Waals surface area (Å²) in [6, 6.07) is 6.89. The van der Waals surface area contributed by atoms with Crippen molar-refractivity contribution in [2.24, 2.45) is 0 Å². The first-order chi connectivity index (χ1) is 34.0. The van der Waals surface area contributed by atoms with E-state index in [0.717, 1.165) is 37.4 Å². The Morgan fingerprint density at radius 1 is 0.435 bits per heavy atom. The first-order valence-electron chi connectivity index (χ1n) is 28.9. The third kappa shape index (κ3) is 34.4. The standard InChI is InChI=1S/C59H104N2O8/c1-4-7-9-11-13-15-17-19-21-23-25-27-29-31-33-35-45-67-52-56(69-46-36-34-32-30-28-26-24-22-20-18-16-14-12-10-8-5-2)53-68-51-50-66-49-48-65-47-44-60(57(62)37-6-3)54-38-40-55(41-39-54)61-58(63)42-43-59(61)64/h38-43,56H,4-37,44-53H2,1-3H3/t56-/m1/s1. The average Bonchev–Trinajstić information content (AvgIpc) is 3.70. The highest BCUT2D eigenvalue weighted by molar-refractivity contribution is 6.28. The number of hydrogen-bond acceptors (Lipinski definition) is 8. The molecule has 0 saturated carbocycles. The molecular formula is C59H104N2O8. The summed E-state index contributed by atoms with van der Waals surface area (Å²) in [5.74, 6) is -0.748. The molecule has 1 aromatic carbocycles. The number of ether oxygens (including phenoxy) is 5. The Labute approximate surface area is 423 Å². The average molecular weight is 969 g/mol. The first-order valence-corrected chi connectivity index (χ1v) is 28.9. The Morgan fingerprint density at radius 2 is 0.797 bits per heavy atom. The van der Waals surface area contributed by atoms with Crippen LogP contribution >= 0.6 is 0 Å². The van der Waals surface area contributed by atoms with Crippen molar-refractivity contribution in [1.82, 2.24) is 0 Å². The summed E-state index contributed by atoms with van der Waals surface area (Å²) in [6.07, 6.45) is 47.2. The molecule has 0 aliphatic carbocycles. The second kappa shape index (κ2) is 46.4. The molecule has 0 aromatic heterocycles. The van der Waals surface area contributed by atoms with Gasteiger partial charge in [-0.25, -0.2) is 4.90 Å². The molecule has 1 atom stereocenters. The molecule has 0 N–H and O–H groups in total. The van der Waals surface area contributed by atoms with Crippen molar-refractivity contribution in [2.75, 3.05) is 75.8 Å². The number of benzene rings is 1. The quantitative estimate of drug-likeness (QED) is 0.0470. The molecule has 0 fully saturated rings. The van der Waals surface area contributed by atoms with Gasteiger partial charge in [-0.3, -0.25) is 14.4 Å². The third-order valence-corrected chi connectivity index (χ3v) is 13.3. The highest BCUT2D eigenvalue weighted by Crippen LogP contribution is 2.24. The van der Waals surface area contributed by atoms with E-state index >= 15 is 0 Å². The van der Waals surface area contributed by atoms with Gasteiger partial charge in [-0.15, -0.1) is 0 Å². The second-order valence-electron chi connectivity index (χ2n) is 19.6. The molecule has 0 spiro atoms. The summed E-state index contributed by atoms with van der Waals surface area (Å²) in [7, 11) is 0. The first kappa shape index (κ1) is 62.5.